The van der Waals surface area contributed by atoms with Crippen LogP contribution >= 0.6 is 0 Å². The van der Waals surface area contributed by atoms with Crippen molar-refractivity contribution in [1.82, 2.24) is 5.32 Å². The van der Waals surface area contributed by atoms with Gasteiger partial charge in [0.25, 0.3) is 5.91 Å². The number of benzene rings is 2. The predicted molar refractivity (Wildman–Crippen MR) is 96.1 cm³/mol. The SMILES string of the molecule is CC(NC(=O)c1ccco1)C(=O)Nc1ccccc1-c1ccccc1. The molecule has 126 valence electrons. The summed E-state index contributed by atoms with van der Waals surface area (Å²) in [7, 11) is 0. The summed E-state index contributed by atoms with van der Waals surface area (Å²) in [4.78, 5) is 24.4. The summed E-state index contributed by atoms with van der Waals surface area (Å²) >= 11 is 0. The molecule has 1 unspecified atom stereocenters. The summed E-state index contributed by atoms with van der Waals surface area (Å²) in [6.07, 6.45) is 1.41. The van der Waals surface area contributed by atoms with E-state index in [0.717, 1.165) is 11.1 Å². The molecule has 0 aliphatic carbocycles. The van der Waals surface area contributed by atoms with Gasteiger partial charge in [-0.2, -0.15) is 0 Å². The molecule has 25 heavy (non-hydrogen) atoms. The molecule has 1 heterocycles. The summed E-state index contributed by atoms with van der Waals surface area (Å²) in [5.74, 6) is -0.559. The normalized spacial score (nSPS) is 11.6. The van der Waals surface area contributed by atoms with E-state index in [4.69, 9.17) is 4.42 Å². The van der Waals surface area contributed by atoms with Crippen LogP contribution in [-0.4, -0.2) is 17.9 Å². The Hall–Kier alpha value is -3.34. The maximum atomic E-state index is 12.4. The Labute approximate surface area is 145 Å². The smallest absolute Gasteiger partial charge is 0.287 e. The molecule has 0 bridgehead atoms. The van der Waals surface area contributed by atoms with Gasteiger partial charge in [0.05, 0.1) is 6.26 Å². The Kier molecular flexibility index (Phi) is 4.95. The number of furan rings is 1. The van der Waals surface area contributed by atoms with Crippen LogP contribution in [0.1, 0.15) is 17.5 Å². The van der Waals surface area contributed by atoms with Crippen molar-refractivity contribution in [3.8, 4) is 11.1 Å². The quantitative estimate of drug-likeness (QED) is 0.747. The number of anilines is 1. The molecule has 1 atom stereocenters. The van der Waals surface area contributed by atoms with Crippen LogP contribution in [0.25, 0.3) is 11.1 Å². The fourth-order valence-electron chi connectivity index (χ4n) is 2.44. The lowest BCUT2D eigenvalue weighted by Crippen LogP contribution is -2.41. The van der Waals surface area contributed by atoms with Crippen molar-refractivity contribution in [2.45, 2.75) is 13.0 Å². The first kappa shape index (κ1) is 16.5. The monoisotopic (exact) mass is 334 g/mol. The molecule has 1 aromatic heterocycles. The minimum absolute atomic E-state index is 0.171. The van der Waals surface area contributed by atoms with Crippen LogP contribution in [0.15, 0.2) is 77.4 Å². The molecular formula is C20H18N2O3. The molecule has 2 aromatic carbocycles. The second kappa shape index (κ2) is 7.49. The van der Waals surface area contributed by atoms with E-state index in [0.29, 0.717) is 5.69 Å². The molecule has 2 amide bonds. The van der Waals surface area contributed by atoms with Gasteiger partial charge in [0.15, 0.2) is 5.76 Å². The highest BCUT2D eigenvalue weighted by molar-refractivity contribution is 6.01. The van der Waals surface area contributed by atoms with E-state index in [2.05, 4.69) is 10.6 Å². The van der Waals surface area contributed by atoms with Crippen molar-refractivity contribution in [2.24, 2.45) is 0 Å². The lowest BCUT2D eigenvalue weighted by molar-refractivity contribution is -0.117. The predicted octanol–water partition coefficient (Wildman–Crippen LogP) is 3.70. The van der Waals surface area contributed by atoms with Gasteiger partial charge in [-0.1, -0.05) is 48.5 Å². The van der Waals surface area contributed by atoms with E-state index in [1.54, 1.807) is 19.1 Å². The van der Waals surface area contributed by atoms with Crippen molar-refractivity contribution in [3.63, 3.8) is 0 Å². The van der Waals surface area contributed by atoms with Gasteiger partial charge < -0.3 is 15.1 Å². The minimum Gasteiger partial charge on any atom is -0.459 e. The number of para-hydroxylation sites is 1. The number of nitrogens with one attached hydrogen (secondary N) is 2. The second-order valence-corrected chi connectivity index (χ2v) is 5.57. The number of amides is 2. The Morgan fingerprint density at radius 2 is 1.64 bits per heavy atom. The maximum absolute atomic E-state index is 12.4. The second-order valence-electron chi connectivity index (χ2n) is 5.57. The van der Waals surface area contributed by atoms with Crippen LogP contribution < -0.4 is 10.6 Å². The van der Waals surface area contributed by atoms with E-state index in [1.807, 2.05) is 54.6 Å². The maximum Gasteiger partial charge on any atom is 0.287 e. The Bertz CT molecular complexity index is 858. The number of carbonyl (C=O) groups excluding carboxylic acids is 2. The first-order chi connectivity index (χ1) is 12.1. The summed E-state index contributed by atoms with van der Waals surface area (Å²) in [6.45, 7) is 1.63. The summed E-state index contributed by atoms with van der Waals surface area (Å²) in [6, 6.07) is 19.8. The van der Waals surface area contributed by atoms with Crippen LogP contribution in [0.3, 0.4) is 0 Å². The van der Waals surface area contributed by atoms with Crippen molar-refractivity contribution < 1.29 is 14.0 Å². The third kappa shape index (κ3) is 3.95. The van der Waals surface area contributed by atoms with Crippen molar-refractivity contribution in [3.05, 3.63) is 78.8 Å². The molecule has 5 heteroatoms. The molecule has 0 saturated heterocycles. The standard InChI is InChI=1S/C20H18N2O3/c1-14(21-20(24)18-12-7-13-25-18)19(23)22-17-11-6-5-10-16(17)15-8-3-2-4-9-15/h2-14H,1H3,(H,21,24)(H,22,23). The van der Waals surface area contributed by atoms with E-state index in [9.17, 15) is 9.59 Å². The Morgan fingerprint density at radius 3 is 2.36 bits per heavy atom. The average Bonchev–Trinajstić information content (AvgIpc) is 3.17. The molecular weight excluding hydrogens is 316 g/mol. The highest BCUT2D eigenvalue weighted by Crippen LogP contribution is 2.27. The van der Waals surface area contributed by atoms with Gasteiger partial charge in [0.1, 0.15) is 6.04 Å². The van der Waals surface area contributed by atoms with Crippen LogP contribution in [0.5, 0.6) is 0 Å². The fraction of sp³-hybridized carbons (Fsp3) is 0.100. The zero-order chi connectivity index (χ0) is 17.6. The minimum atomic E-state index is -0.707. The van der Waals surface area contributed by atoms with E-state index < -0.39 is 11.9 Å². The van der Waals surface area contributed by atoms with Gasteiger partial charge in [-0.25, -0.2) is 0 Å². The van der Waals surface area contributed by atoms with Crippen LogP contribution in [0.2, 0.25) is 0 Å². The third-order valence-electron chi connectivity index (χ3n) is 3.76. The first-order valence-electron chi connectivity index (χ1n) is 7.95. The molecule has 2 N–H and O–H groups in total. The molecule has 5 nitrogen and oxygen atoms in total. The van der Waals surface area contributed by atoms with E-state index in [1.165, 1.54) is 6.26 Å². The first-order valence-corrected chi connectivity index (χ1v) is 7.95. The van der Waals surface area contributed by atoms with E-state index in [-0.39, 0.29) is 11.7 Å². The van der Waals surface area contributed by atoms with E-state index >= 15 is 0 Å². The van der Waals surface area contributed by atoms with Gasteiger partial charge in [-0.15, -0.1) is 0 Å². The highest BCUT2D eigenvalue weighted by Gasteiger charge is 2.19. The average molecular weight is 334 g/mol. The van der Waals surface area contributed by atoms with Crippen molar-refractivity contribution in [2.75, 3.05) is 5.32 Å². The lowest BCUT2D eigenvalue weighted by Gasteiger charge is -2.16. The molecule has 0 aliphatic heterocycles. The van der Waals surface area contributed by atoms with Crippen LogP contribution in [-0.2, 0) is 4.79 Å². The number of rotatable bonds is 5. The summed E-state index contributed by atoms with van der Waals surface area (Å²) < 4.78 is 5.03. The van der Waals surface area contributed by atoms with Crippen LogP contribution in [0, 0.1) is 0 Å². The van der Waals surface area contributed by atoms with Gasteiger partial charge in [0, 0.05) is 11.3 Å². The van der Waals surface area contributed by atoms with Gasteiger partial charge in [-0.05, 0) is 30.7 Å². The van der Waals surface area contributed by atoms with Gasteiger partial charge in [-0.3, -0.25) is 9.59 Å². The molecule has 0 aliphatic rings. The fourth-order valence-corrected chi connectivity index (χ4v) is 2.44. The molecule has 3 rings (SSSR count). The summed E-state index contributed by atoms with van der Waals surface area (Å²) in [5, 5.41) is 5.49. The number of hydrogen-bond donors (Lipinski definition) is 2. The molecule has 0 saturated carbocycles. The third-order valence-corrected chi connectivity index (χ3v) is 3.76. The zero-order valence-corrected chi connectivity index (χ0v) is 13.7. The molecule has 0 fully saturated rings. The van der Waals surface area contributed by atoms with Crippen molar-refractivity contribution in [1.29, 1.82) is 0 Å². The lowest BCUT2D eigenvalue weighted by atomic mass is 10.0. The van der Waals surface area contributed by atoms with Gasteiger partial charge in [0.2, 0.25) is 5.91 Å². The number of carbonyl (C=O) groups is 2. The highest BCUT2D eigenvalue weighted by atomic mass is 16.3. The number of hydrogen-bond acceptors (Lipinski definition) is 3. The molecule has 3 aromatic rings. The van der Waals surface area contributed by atoms with Crippen LogP contribution in [0.4, 0.5) is 5.69 Å². The topological polar surface area (TPSA) is 71.3 Å². The molecule has 0 radical (unpaired) electrons. The zero-order valence-electron chi connectivity index (χ0n) is 13.7. The largest absolute Gasteiger partial charge is 0.459 e. The Balaban J connectivity index is 1.72. The Morgan fingerprint density at radius 1 is 0.920 bits per heavy atom. The summed E-state index contributed by atoms with van der Waals surface area (Å²) in [5.41, 5.74) is 2.62. The molecule has 0 spiro atoms. The van der Waals surface area contributed by atoms with Crippen molar-refractivity contribution >= 4 is 17.5 Å². The van der Waals surface area contributed by atoms with Gasteiger partial charge >= 0.3 is 0 Å².